The van der Waals surface area contributed by atoms with Crippen molar-refractivity contribution in [2.75, 3.05) is 5.73 Å². The van der Waals surface area contributed by atoms with E-state index in [2.05, 4.69) is 5.10 Å². The van der Waals surface area contributed by atoms with E-state index in [1.54, 1.807) is 17.9 Å². The molecule has 1 atom stereocenters. The third-order valence-corrected chi connectivity index (χ3v) is 3.31. The van der Waals surface area contributed by atoms with E-state index >= 15 is 0 Å². The van der Waals surface area contributed by atoms with Crippen LogP contribution in [-0.2, 0) is 7.05 Å². The minimum Gasteiger partial charge on any atom is -0.490 e. The van der Waals surface area contributed by atoms with E-state index in [1.807, 2.05) is 24.3 Å². The van der Waals surface area contributed by atoms with Crippen LogP contribution < -0.4 is 10.5 Å². The van der Waals surface area contributed by atoms with Gasteiger partial charge in [0.2, 0.25) is 0 Å². The summed E-state index contributed by atoms with van der Waals surface area (Å²) < 4.78 is 7.27. The van der Waals surface area contributed by atoms with Gasteiger partial charge in [0.25, 0.3) is 0 Å². The van der Waals surface area contributed by atoms with Crippen LogP contribution in [0.3, 0.4) is 0 Å². The number of aliphatic hydroxyl groups excluding tert-OH is 1. The standard InChI is InChI=1S/C14H17N3O2/c1-17-14(15)12(8-16-17)13(18)9-3-2-4-11(7-9)19-10-5-6-10/h2-4,7-8,10,13,18H,5-6,15H2,1H3. The highest BCUT2D eigenvalue weighted by Gasteiger charge is 2.24. The molecule has 1 heterocycles. The van der Waals surface area contributed by atoms with Crippen molar-refractivity contribution in [2.45, 2.75) is 25.0 Å². The molecule has 1 saturated carbocycles. The Kier molecular flexibility index (Phi) is 2.91. The first-order valence-corrected chi connectivity index (χ1v) is 6.37. The van der Waals surface area contributed by atoms with E-state index in [1.165, 1.54) is 0 Å². The Balaban J connectivity index is 1.86. The SMILES string of the molecule is Cn1ncc(C(O)c2cccc(OC3CC3)c2)c1N. The van der Waals surface area contributed by atoms with E-state index in [0.29, 0.717) is 17.5 Å². The van der Waals surface area contributed by atoms with Gasteiger partial charge >= 0.3 is 0 Å². The normalized spacial score (nSPS) is 16.3. The Bertz CT molecular complexity index is 590. The number of hydrogen-bond donors (Lipinski definition) is 2. The average molecular weight is 259 g/mol. The number of anilines is 1. The zero-order valence-corrected chi connectivity index (χ0v) is 10.8. The lowest BCUT2D eigenvalue weighted by molar-refractivity contribution is 0.220. The van der Waals surface area contributed by atoms with Crippen LogP contribution in [0.2, 0.25) is 0 Å². The first kappa shape index (κ1) is 12.0. The molecule has 0 aliphatic heterocycles. The van der Waals surface area contributed by atoms with Gasteiger partial charge < -0.3 is 15.6 Å². The second kappa shape index (κ2) is 4.59. The summed E-state index contributed by atoms with van der Waals surface area (Å²) in [6.45, 7) is 0. The number of aromatic nitrogens is 2. The van der Waals surface area contributed by atoms with Crippen molar-refractivity contribution in [2.24, 2.45) is 7.05 Å². The van der Waals surface area contributed by atoms with Gasteiger partial charge in [-0.3, -0.25) is 4.68 Å². The third kappa shape index (κ3) is 2.42. The highest BCUT2D eigenvalue weighted by Crippen LogP contribution is 2.31. The highest BCUT2D eigenvalue weighted by atomic mass is 16.5. The van der Waals surface area contributed by atoms with Crippen molar-refractivity contribution in [1.29, 1.82) is 0 Å². The Morgan fingerprint density at radius 2 is 2.26 bits per heavy atom. The monoisotopic (exact) mass is 259 g/mol. The Labute approximate surface area is 111 Å². The summed E-state index contributed by atoms with van der Waals surface area (Å²) >= 11 is 0. The number of aryl methyl sites for hydroxylation is 1. The minimum absolute atomic E-state index is 0.343. The number of ether oxygens (including phenoxy) is 1. The van der Waals surface area contributed by atoms with Gasteiger partial charge in [-0.25, -0.2) is 0 Å². The number of benzene rings is 1. The fourth-order valence-corrected chi connectivity index (χ4v) is 1.99. The van der Waals surface area contributed by atoms with E-state index in [4.69, 9.17) is 10.5 Å². The quantitative estimate of drug-likeness (QED) is 0.875. The first-order valence-electron chi connectivity index (χ1n) is 6.37. The average Bonchev–Trinajstić information content (AvgIpc) is 3.16. The molecular weight excluding hydrogens is 242 g/mol. The Morgan fingerprint density at radius 1 is 1.47 bits per heavy atom. The molecule has 5 nitrogen and oxygen atoms in total. The molecule has 1 unspecified atom stereocenters. The predicted octanol–water partition coefficient (Wildman–Crippen LogP) is 1.63. The van der Waals surface area contributed by atoms with Gasteiger partial charge in [-0.1, -0.05) is 12.1 Å². The molecule has 0 bridgehead atoms. The molecule has 19 heavy (non-hydrogen) atoms. The van der Waals surface area contributed by atoms with Gasteiger partial charge in [0.05, 0.1) is 12.3 Å². The third-order valence-electron chi connectivity index (χ3n) is 3.31. The summed E-state index contributed by atoms with van der Waals surface area (Å²) in [4.78, 5) is 0. The molecule has 3 rings (SSSR count). The number of rotatable bonds is 4. The summed E-state index contributed by atoms with van der Waals surface area (Å²) in [5.74, 6) is 1.27. The molecule has 1 aromatic carbocycles. The molecule has 1 aliphatic carbocycles. The second-order valence-electron chi connectivity index (χ2n) is 4.90. The van der Waals surface area contributed by atoms with Crippen LogP contribution in [0.1, 0.15) is 30.1 Å². The maximum absolute atomic E-state index is 10.4. The van der Waals surface area contributed by atoms with E-state index < -0.39 is 6.10 Å². The van der Waals surface area contributed by atoms with Crippen LogP contribution in [0.5, 0.6) is 5.75 Å². The van der Waals surface area contributed by atoms with Gasteiger partial charge in [0, 0.05) is 12.6 Å². The van der Waals surface area contributed by atoms with Crippen LogP contribution >= 0.6 is 0 Å². The van der Waals surface area contributed by atoms with Gasteiger partial charge in [0.1, 0.15) is 17.7 Å². The molecule has 1 fully saturated rings. The van der Waals surface area contributed by atoms with Crippen molar-refractivity contribution in [3.8, 4) is 5.75 Å². The van der Waals surface area contributed by atoms with Crippen LogP contribution in [0.15, 0.2) is 30.5 Å². The van der Waals surface area contributed by atoms with Crippen LogP contribution in [0, 0.1) is 0 Å². The summed E-state index contributed by atoms with van der Waals surface area (Å²) in [6, 6.07) is 7.50. The largest absolute Gasteiger partial charge is 0.490 e. The van der Waals surface area contributed by atoms with E-state index in [0.717, 1.165) is 24.2 Å². The molecule has 0 saturated heterocycles. The molecule has 0 spiro atoms. The van der Waals surface area contributed by atoms with Crippen LogP contribution in [0.4, 0.5) is 5.82 Å². The predicted molar refractivity (Wildman–Crippen MR) is 71.8 cm³/mol. The molecular formula is C14H17N3O2. The zero-order chi connectivity index (χ0) is 13.4. The number of hydrogen-bond acceptors (Lipinski definition) is 4. The summed E-state index contributed by atoms with van der Waals surface area (Å²) in [5.41, 5.74) is 7.26. The zero-order valence-electron chi connectivity index (χ0n) is 10.8. The van der Waals surface area contributed by atoms with Gasteiger partial charge in [-0.15, -0.1) is 0 Å². The lowest BCUT2D eigenvalue weighted by Crippen LogP contribution is -2.05. The molecule has 5 heteroatoms. The van der Waals surface area contributed by atoms with Crippen molar-refractivity contribution in [1.82, 2.24) is 9.78 Å². The second-order valence-corrected chi connectivity index (χ2v) is 4.90. The summed E-state index contributed by atoms with van der Waals surface area (Å²) in [5, 5.41) is 14.4. The molecule has 0 radical (unpaired) electrons. The molecule has 1 aliphatic rings. The number of aliphatic hydroxyl groups is 1. The van der Waals surface area contributed by atoms with E-state index in [9.17, 15) is 5.11 Å². The lowest BCUT2D eigenvalue weighted by atomic mass is 10.0. The Morgan fingerprint density at radius 3 is 2.89 bits per heavy atom. The Hall–Kier alpha value is -2.01. The van der Waals surface area contributed by atoms with Crippen LogP contribution in [-0.4, -0.2) is 21.0 Å². The van der Waals surface area contributed by atoms with Crippen molar-refractivity contribution >= 4 is 5.82 Å². The smallest absolute Gasteiger partial charge is 0.127 e. The lowest BCUT2D eigenvalue weighted by Gasteiger charge is -2.12. The van der Waals surface area contributed by atoms with Gasteiger partial charge in [-0.2, -0.15) is 5.10 Å². The van der Waals surface area contributed by atoms with E-state index in [-0.39, 0.29) is 0 Å². The van der Waals surface area contributed by atoms with Crippen LogP contribution in [0.25, 0.3) is 0 Å². The number of nitrogen functional groups attached to an aromatic ring is 1. The molecule has 0 amide bonds. The first-order chi connectivity index (χ1) is 9.15. The summed E-state index contributed by atoms with van der Waals surface area (Å²) in [6.07, 6.45) is 3.38. The molecule has 3 N–H and O–H groups in total. The molecule has 100 valence electrons. The number of nitrogens with two attached hydrogens (primary N) is 1. The summed E-state index contributed by atoms with van der Waals surface area (Å²) in [7, 11) is 1.75. The molecule has 2 aromatic rings. The van der Waals surface area contributed by atoms with Gasteiger partial charge in [-0.05, 0) is 30.5 Å². The maximum atomic E-state index is 10.4. The molecule has 1 aromatic heterocycles. The maximum Gasteiger partial charge on any atom is 0.127 e. The van der Waals surface area contributed by atoms with Crippen molar-refractivity contribution < 1.29 is 9.84 Å². The van der Waals surface area contributed by atoms with Crippen molar-refractivity contribution in [3.63, 3.8) is 0 Å². The fraction of sp³-hybridized carbons (Fsp3) is 0.357. The van der Waals surface area contributed by atoms with Gasteiger partial charge in [0.15, 0.2) is 0 Å². The number of nitrogens with zero attached hydrogens (tertiary/aromatic N) is 2. The highest BCUT2D eigenvalue weighted by molar-refractivity contribution is 5.45. The van der Waals surface area contributed by atoms with Crippen molar-refractivity contribution in [3.05, 3.63) is 41.6 Å². The topological polar surface area (TPSA) is 73.3 Å². The fourth-order valence-electron chi connectivity index (χ4n) is 1.99. The minimum atomic E-state index is -0.781.